The van der Waals surface area contributed by atoms with Crippen molar-refractivity contribution in [2.75, 3.05) is 13.2 Å². The van der Waals surface area contributed by atoms with E-state index in [1.807, 2.05) is 0 Å². The van der Waals surface area contributed by atoms with Crippen LogP contribution in [0.5, 0.6) is 0 Å². The van der Waals surface area contributed by atoms with E-state index < -0.39 is 0 Å². The smallest absolute Gasteiger partial charge is 0.0685 e. The average molecular weight is 239 g/mol. The second-order valence-corrected chi connectivity index (χ2v) is 6.35. The highest BCUT2D eigenvalue weighted by Gasteiger charge is 2.45. The van der Waals surface area contributed by atoms with E-state index in [1.165, 1.54) is 25.7 Å². The molecule has 0 aromatic heterocycles. The summed E-state index contributed by atoms with van der Waals surface area (Å²) in [6.07, 6.45) is 7.74. The normalized spacial score (nSPS) is 42.4. The lowest BCUT2D eigenvalue weighted by molar-refractivity contribution is -0.147. The molecular weight excluding hydrogens is 214 g/mol. The molecule has 3 aliphatic rings. The van der Waals surface area contributed by atoms with Gasteiger partial charge in [0.25, 0.3) is 0 Å². The Labute approximate surface area is 104 Å². The second-order valence-electron chi connectivity index (χ2n) is 6.35. The summed E-state index contributed by atoms with van der Waals surface area (Å²) in [6, 6.07) is 0.321. The van der Waals surface area contributed by atoms with Gasteiger partial charge in [-0.1, -0.05) is 0 Å². The Kier molecular flexibility index (Phi) is 3.18. The quantitative estimate of drug-likeness (QED) is 0.802. The molecule has 17 heavy (non-hydrogen) atoms. The van der Waals surface area contributed by atoms with Gasteiger partial charge in [0.2, 0.25) is 0 Å². The molecule has 1 spiro atoms. The monoisotopic (exact) mass is 239 g/mol. The van der Waals surface area contributed by atoms with E-state index >= 15 is 0 Å². The van der Waals surface area contributed by atoms with Gasteiger partial charge in [-0.3, -0.25) is 0 Å². The first-order chi connectivity index (χ1) is 8.19. The van der Waals surface area contributed by atoms with Crippen molar-refractivity contribution in [3.8, 4) is 0 Å². The summed E-state index contributed by atoms with van der Waals surface area (Å²) in [6.45, 7) is 3.94. The van der Waals surface area contributed by atoms with E-state index in [0.717, 1.165) is 26.1 Å². The Bertz CT molecular complexity index is 277. The molecule has 3 rings (SSSR count). The lowest BCUT2D eigenvalue weighted by atomic mass is 9.69. The summed E-state index contributed by atoms with van der Waals surface area (Å²) in [5.74, 6) is 1.23. The van der Waals surface area contributed by atoms with Gasteiger partial charge in [-0.15, -0.1) is 0 Å². The zero-order valence-electron chi connectivity index (χ0n) is 10.9. The molecule has 4 atom stereocenters. The van der Waals surface area contributed by atoms with E-state index in [9.17, 15) is 0 Å². The number of rotatable bonds is 2. The fourth-order valence-electron chi connectivity index (χ4n) is 3.82. The SMILES string of the molecule is CC1CC(C(N)C2CCOC3(CCC3)C2)CO1. The van der Waals surface area contributed by atoms with Crippen LogP contribution in [0.15, 0.2) is 0 Å². The third-order valence-electron chi connectivity index (χ3n) is 5.11. The topological polar surface area (TPSA) is 44.5 Å². The van der Waals surface area contributed by atoms with Crippen molar-refractivity contribution in [3.63, 3.8) is 0 Å². The number of hydrogen-bond donors (Lipinski definition) is 1. The third kappa shape index (κ3) is 2.25. The third-order valence-corrected chi connectivity index (χ3v) is 5.11. The van der Waals surface area contributed by atoms with E-state index in [-0.39, 0.29) is 5.60 Å². The second kappa shape index (κ2) is 4.52. The molecule has 2 saturated heterocycles. The highest BCUT2D eigenvalue weighted by Crippen LogP contribution is 2.45. The molecule has 3 nitrogen and oxygen atoms in total. The Hall–Kier alpha value is -0.120. The Balaban J connectivity index is 1.59. The number of nitrogens with two attached hydrogens (primary N) is 1. The van der Waals surface area contributed by atoms with Gasteiger partial charge in [-0.2, -0.15) is 0 Å². The fraction of sp³-hybridized carbons (Fsp3) is 1.00. The first-order valence-corrected chi connectivity index (χ1v) is 7.20. The van der Waals surface area contributed by atoms with Crippen molar-refractivity contribution in [2.45, 2.75) is 63.2 Å². The molecule has 2 aliphatic heterocycles. The first-order valence-electron chi connectivity index (χ1n) is 7.20. The zero-order valence-corrected chi connectivity index (χ0v) is 10.9. The van der Waals surface area contributed by atoms with E-state index in [2.05, 4.69) is 6.92 Å². The average Bonchev–Trinajstić information content (AvgIpc) is 2.73. The highest BCUT2D eigenvalue weighted by atomic mass is 16.5. The van der Waals surface area contributed by atoms with Crippen LogP contribution in [0.25, 0.3) is 0 Å². The molecule has 0 radical (unpaired) electrons. The van der Waals surface area contributed by atoms with Crippen LogP contribution in [0.2, 0.25) is 0 Å². The molecule has 3 fully saturated rings. The van der Waals surface area contributed by atoms with Crippen LogP contribution in [0, 0.1) is 11.8 Å². The van der Waals surface area contributed by atoms with Gasteiger partial charge in [0.15, 0.2) is 0 Å². The summed E-state index contributed by atoms with van der Waals surface area (Å²) < 4.78 is 11.6. The van der Waals surface area contributed by atoms with Crippen LogP contribution < -0.4 is 5.73 Å². The minimum absolute atomic E-state index is 0.228. The number of ether oxygens (including phenoxy) is 2. The summed E-state index contributed by atoms with van der Waals surface area (Å²) in [5, 5.41) is 0. The molecule has 2 N–H and O–H groups in total. The van der Waals surface area contributed by atoms with Gasteiger partial charge in [0.1, 0.15) is 0 Å². The molecule has 0 aromatic rings. The molecule has 0 amide bonds. The lowest BCUT2D eigenvalue weighted by Gasteiger charge is -2.49. The van der Waals surface area contributed by atoms with Crippen molar-refractivity contribution in [1.82, 2.24) is 0 Å². The van der Waals surface area contributed by atoms with Crippen LogP contribution in [-0.2, 0) is 9.47 Å². The first kappa shape index (κ1) is 11.9. The van der Waals surface area contributed by atoms with Crippen LogP contribution in [-0.4, -0.2) is 31.0 Å². The molecule has 1 saturated carbocycles. The summed E-state index contributed by atoms with van der Waals surface area (Å²) in [4.78, 5) is 0. The van der Waals surface area contributed by atoms with Gasteiger partial charge >= 0.3 is 0 Å². The predicted octanol–water partition coefficient (Wildman–Crippen LogP) is 2.09. The maximum atomic E-state index is 6.48. The van der Waals surface area contributed by atoms with Gasteiger partial charge in [-0.05, 0) is 51.4 Å². The minimum atomic E-state index is 0.228. The maximum Gasteiger partial charge on any atom is 0.0685 e. The van der Waals surface area contributed by atoms with Crippen molar-refractivity contribution in [3.05, 3.63) is 0 Å². The molecule has 3 heteroatoms. The lowest BCUT2D eigenvalue weighted by Crippen LogP contribution is -2.51. The van der Waals surface area contributed by atoms with Gasteiger partial charge < -0.3 is 15.2 Å². The summed E-state index contributed by atoms with van der Waals surface area (Å²) >= 11 is 0. The Morgan fingerprint density at radius 2 is 2.12 bits per heavy atom. The standard InChI is InChI=1S/C14H25NO2/c1-10-7-12(9-16-10)13(15)11-3-6-17-14(8-11)4-2-5-14/h10-13H,2-9,15H2,1H3. The number of hydrogen-bond acceptors (Lipinski definition) is 3. The maximum absolute atomic E-state index is 6.48. The van der Waals surface area contributed by atoms with Crippen LogP contribution in [0.4, 0.5) is 0 Å². The van der Waals surface area contributed by atoms with Crippen LogP contribution in [0.3, 0.4) is 0 Å². The van der Waals surface area contributed by atoms with Crippen LogP contribution >= 0.6 is 0 Å². The van der Waals surface area contributed by atoms with Crippen molar-refractivity contribution >= 4 is 0 Å². The predicted molar refractivity (Wildman–Crippen MR) is 66.8 cm³/mol. The van der Waals surface area contributed by atoms with E-state index in [1.54, 1.807) is 0 Å². The minimum Gasteiger partial charge on any atom is -0.378 e. The molecule has 0 aromatic carbocycles. The van der Waals surface area contributed by atoms with Crippen molar-refractivity contribution in [2.24, 2.45) is 17.6 Å². The van der Waals surface area contributed by atoms with Crippen LogP contribution in [0.1, 0.15) is 45.4 Å². The zero-order chi connectivity index (χ0) is 11.9. The van der Waals surface area contributed by atoms with Crippen molar-refractivity contribution < 1.29 is 9.47 Å². The van der Waals surface area contributed by atoms with Gasteiger partial charge in [0, 0.05) is 18.6 Å². The van der Waals surface area contributed by atoms with Gasteiger partial charge in [0.05, 0.1) is 18.3 Å². The van der Waals surface area contributed by atoms with E-state index in [4.69, 9.17) is 15.2 Å². The Morgan fingerprint density at radius 1 is 1.29 bits per heavy atom. The molecule has 1 aliphatic carbocycles. The molecular formula is C14H25NO2. The van der Waals surface area contributed by atoms with Gasteiger partial charge in [-0.25, -0.2) is 0 Å². The van der Waals surface area contributed by atoms with E-state index in [0.29, 0.717) is 24.0 Å². The highest BCUT2D eigenvalue weighted by molar-refractivity contribution is 4.97. The molecule has 4 unspecified atom stereocenters. The molecule has 0 bridgehead atoms. The Morgan fingerprint density at radius 3 is 2.71 bits per heavy atom. The fourth-order valence-corrected chi connectivity index (χ4v) is 3.82. The van der Waals surface area contributed by atoms with Crippen molar-refractivity contribution in [1.29, 1.82) is 0 Å². The summed E-state index contributed by atoms with van der Waals surface area (Å²) in [7, 11) is 0. The molecule has 2 heterocycles. The largest absolute Gasteiger partial charge is 0.378 e. The summed E-state index contributed by atoms with van der Waals surface area (Å²) in [5.41, 5.74) is 6.71. The molecule has 98 valence electrons.